The highest BCUT2D eigenvalue weighted by Crippen LogP contribution is 2.13. The highest BCUT2D eigenvalue weighted by molar-refractivity contribution is 5.69. The molecular formula is C11H20O4. The fourth-order valence-corrected chi connectivity index (χ4v) is 1.45. The summed E-state index contributed by atoms with van der Waals surface area (Å²) in [6.45, 7) is 3.49. The van der Waals surface area contributed by atoms with Crippen LogP contribution < -0.4 is 0 Å². The number of carbonyl (C=O) groups excluding carboxylic acids is 1. The Morgan fingerprint density at radius 1 is 1.40 bits per heavy atom. The SMILES string of the molecule is CCCC(=O)OCCOC1CCCCO1. The van der Waals surface area contributed by atoms with Crippen LogP contribution in [0.4, 0.5) is 0 Å². The van der Waals surface area contributed by atoms with Gasteiger partial charge >= 0.3 is 5.97 Å². The van der Waals surface area contributed by atoms with Crippen LogP contribution in [-0.2, 0) is 19.0 Å². The second-order valence-electron chi connectivity index (χ2n) is 3.64. The van der Waals surface area contributed by atoms with Gasteiger partial charge in [-0.1, -0.05) is 6.92 Å². The van der Waals surface area contributed by atoms with Crippen LogP contribution in [0.1, 0.15) is 39.0 Å². The van der Waals surface area contributed by atoms with Crippen LogP contribution in [0, 0.1) is 0 Å². The van der Waals surface area contributed by atoms with E-state index in [4.69, 9.17) is 14.2 Å². The van der Waals surface area contributed by atoms with Gasteiger partial charge in [0.15, 0.2) is 6.29 Å². The van der Waals surface area contributed by atoms with E-state index in [1.54, 1.807) is 0 Å². The van der Waals surface area contributed by atoms with Crippen molar-refractivity contribution in [2.24, 2.45) is 0 Å². The molecule has 0 spiro atoms. The van der Waals surface area contributed by atoms with Gasteiger partial charge in [-0.2, -0.15) is 0 Å². The Morgan fingerprint density at radius 3 is 2.93 bits per heavy atom. The van der Waals surface area contributed by atoms with Crippen LogP contribution in [0.25, 0.3) is 0 Å². The molecule has 1 saturated heterocycles. The first-order valence-corrected chi connectivity index (χ1v) is 5.71. The molecule has 4 heteroatoms. The number of hydrogen-bond donors (Lipinski definition) is 0. The summed E-state index contributed by atoms with van der Waals surface area (Å²) in [5, 5.41) is 0. The van der Waals surface area contributed by atoms with Gasteiger partial charge in [-0.15, -0.1) is 0 Å². The normalized spacial score (nSPS) is 21.3. The molecule has 1 heterocycles. The largest absolute Gasteiger partial charge is 0.463 e. The van der Waals surface area contributed by atoms with Crippen molar-refractivity contribution in [1.82, 2.24) is 0 Å². The molecule has 0 radical (unpaired) electrons. The zero-order valence-corrected chi connectivity index (χ0v) is 9.37. The quantitative estimate of drug-likeness (QED) is 0.502. The molecule has 0 aliphatic carbocycles. The lowest BCUT2D eigenvalue weighted by Gasteiger charge is -2.22. The van der Waals surface area contributed by atoms with Gasteiger partial charge in [0.1, 0.15) is 6.61 Å². The average molecular weight is 216 g/mol. The molecule has 1 rings (SSSR count). The van der Waals surface area contributed by atoms with Gasteiger partial charge in [0.2, 0.25) is 0 Å². The number of carbonyl (C=O) groups is 1. The summed E-state index contributed by atoms with van der Waals surface area (Å²) in [6.07, 6.45) is 4.43. The standard InChI is InChI=1S/C11H20O4/c1-2-5-10(12)13-8-9-15-11-6-3-4-7-14-11/h11H,2-9H2,1H3. The molecule has 1 aliphatic rings. The summed E-state index contributed by atoms with van der Waals surface area (Å²) < 4.78 is 15.7. The molecule has 0 aromatic rings. The van der Waals surface area contributed by atoms with Crippen LogP contribution in [-0.4, -0.2) is 32.1 Å². The summed E-state index contributed by atoms with van der Waals surface area (Å²) in [5.74, 6) is -0.148. The monoisotopic (exact) mass is 216 g/mol. The van der Waals surface area contributed by atoms with E-state index in [1.165, 1.54) is 0 Å². The van der Waals surface area contributed by atoms with Crippen molar-refractivity contribution in [2.45, 2.75) is 45.3 Å². The topological polar surface area (TPSA) is 44.8 Å². The predicted octanol–water partition coefficient (Wildman–Crippen LogP) is 1.87. The summed E-state index contributed by atoms with van der Waals surface area (Å²) in [4.78, 5) is 11.0. The molecule has 0 amide bonds. The number of esters is 1. The smallest absolute Gasteiger partial charge is 0.305 e. The first-order chi connectivity index (χ1) is 7.33. The zero-order chi connectivity index (χ0) is 10.9. The highest BCUT2D eigenvalue weighted by Gasteiger charge is 2.13. The molecule has 15 heavy (non-hydrogen) atoms. The minimum absolute atomic E-state index is 0.0939. The lowest BCUT2D eigenvalue weighted by molar-refractivity contribution is -0.173. The first-order valence-electron chi connectivity index (χ1n) is 5.71. The second-order valence-corrected chi connectivity index (χ2v) is 3.64. The summed E-state index contributed by atoms with van der Waals surface area (Å²) >= 11 is 0. The van der Waals surface area contributed by atoms with E-state index < -0.39 is 0 Å². The maximum Gasteiger partial charge on any atom is 0.305 e. The summed E-state index contributed by atoms with van der Waals surface area (Å²) in [6, 6.07) is 0. The van der Waals surface area contributed by atoms with E-state index in [2.05, 4.69) is 0 Å². The molecule has 0 aromatic heterocycles. The molecule has 1 unspecified atom stereocenters. The van der Waals surface area contributed by atoms with Crippen molar-refractivity contribution in [2.75, 3.05) is 19.8 Å². The highest BCUT2D eigenvalue weighted by atomic mass is 16.7. The molecule has 0 bridgehead atoms. The number of rotatable bonds is 6. The molecule has 0 aromatic carbocycles. The van der Waals surface area contributed by atoms with Gasteiger partial charge in [-0.25, -0.2) is 0 Å². The van der Waals surface area contributed by atoms with Gasteiger partial charge in [-0.3, -0.25) is 4.79 Å². The van der Waals surface area contributed by atoms with E-state index in [1.807, 2.05) is 6.92 Å². The van der Waals surface area contributed by atoms with Crippen LogP contribution >= 0.6 is 0 Å². The zero-order valence-electron chi connectivity index (χ0n) is 9.37. The lowest BCUT2D eigenvalue weighted by Crippen LogP contribution is -2.24. The average Bonchev–Trinajstić information content (AvgIpc) is 2.26. The molecule has 1 atom stereocenters. The van der Waals surface area contributed by atoms with Crippen molar-refractivity contribution in [1.29, 1.82) is 0 Å². The van der Waals surface area contributed by atoms with Gasteiger partial charge in [0, 0.05) is 13.0 Å². The molecule has 0 N–H and O–H groups in total. The Hall–Kier alpha value is -0.610. The van der Waals surface area contributed by atoms with E-state index in [0.717, 1.165) is 32.3 Å². The van der Waals surface area contributed by atoms with E-state index >= 15 is 0 Å². The van der Waals surface area contributed by atoms with E-state index in [-0.39, 0.29) is 12.3 Å². The predicted molar refractivity (Wildman–Crippen MR) is 55.4 cm³/mol. The van der Waals surface area contributed by atoms with E-state index in [0.29, 0.717) is 19.6 Å². The summed E-state index contributed by atoms with van der Waals surface area (Å²) in [7, 11) is 0. The van der Waals surface area contributed by atoms with Crippen LogP contribution in [0.15, 0.2) is 0 Å². The third-order valence-corrected chi connectivity index (χ3v) is 2.24. The van der Waals surface area contributed by atoms with E-state index in [9.17, 15) is 4.79 Å². The molecule has 4 nitrogen and oxygen atoms in total. The maximum atomic E-state index is 11.0. The molecule has 1 fully saturated rings. The molecule has 0 saturated carbocycles. The van der Waals surface area contributed by atoms with Gasteiger partial charge in [0.05, 0.1) is 6.61 Å². The molecular weight excluding hydrogens is 196 g/mol. The Bertz CT molecular complexity index is 175. The van der Waals surface area contributed by atoms with Gasteiger partial charge in [0.25, 0.3) is 0 Å². The van der Waals surface area contributed by atoms with Crippen LogP contribution in [0.2, 0.25) is 0 Å². The third kappa shape index (κ3) is 5.74. The number of hydrogen-bond acceptors (Lipinski definition) is 4. The van der Waals surface area contributed by atoms with Crippen molar-refractivity contribution in [3.05, 3.63) is 0 Å². The fourth-order valence-electron chi connectivity index (χ4n) is 1.45. The maximum absolute atomic E-state index is 11.0. The summed E-state index contributed by atoms with van der Waals surface area (Å²) in [5.41, 5.74) is 0. The lowest BCUT2D eigenvalue weighted by atomic mass is 10.2. The number of ether oxygens (including phenoxy) is 3. The van der Waals surface area contributed by atoms with Gasteiger partial charge < -0.3 is 14.2 Å². The van der Waals surface area contributed by atoms with Crippen molar-refractivity contribution < 1.29 is 19.0 Å². The van der Waals surface area contributed by atoms with Crippen molar-refractivity contribution in [3.8, 4) is 0 Å². The minimum atomic E-state index is -0.148. The minimum Gasteiger partial charge on any atom is -0.463 e. The Kier molecular flexibility index (Phi) is 6.36. The van der Waals surface area contributed by atoms with Crippen molar-refractivity contribution in [3.63, 3.8) is 0 Å². The van der Waals surface area contributed by atoms with Gasteiger partial charge in [-0.05, 0) is 25.7 Å². The van der Waals surface area contributed by atoms with Crippen LogP contribution in [0.5, 0.6) is 0 Å². The van der Waals surface area contributed by atoms with Crippen LogP contribution in [0.3, 0.4) is 0 Å². The van der Waals surface area contributed by atoms with Crippen molar-refractivity contribution >= 4 is 5.97 Å². The fraction of sp³-hybridized carbons (Fsp3) is 0.909. The Labute approximate surface area is 90.9 Å². The second kappa shape index (κ2) is 7.65. The third-order valence-electron chi connectivity index (χ3n) is 2.24. The first kappa shape index (κ1) is 12.5. The molecule has 1 aliphatic heterocycles. The Morgan fingerprint density at radius 2 is 2.27 bits per heavy atom. The molecule has 88 valence electrons. The Balaban J connectivity index is 1.93.